The van der Waals surface area contributed by atoms with Gasteiger partial charge in [-0.1, -0.05) is 17.8 Å². The van der Waals surface area contributed by atoms with E-state index in [1.165, 1.54) is 36.0 Å². The standard InChI is InChI=1S/C22H20N6O4S2/c1-32-17-9-7-16(8-10-17)28-21(19-4-2-3-13-24-19)26-27-22(28)33-14-20(29)25-15-5-11-18(12-6-15)34(23,30)31/h2-13H,14H2,1H3,(H,25,29)(H2,23,30,31). The fourth-order valence-corrected chi connectivity index (χ4v) is 4.31. The Labute approximate surface area is 200 Å². The van der Waals surface area contributed by atoms with Gasteiger partial charge < -0.3 is 10.1 Å². The van der Waals surface area contributed by atoms with E-state index in [0.29, 0.717) is 28.1 Å². The van der Waals surface area contributed by atoms with Gasteiger partial charge in [-0.15, -0.1) is 10.2 Å². The van der Waals surface area contributed by atoms with Crippen LogP contribution in [0, 0.1) is 0 Å². The number of ether oxygens (including phenoxy) is 1. The normalized spacial score (nSPS) is 11.2. The van der Waals surface area contributed by atoms with Crippen LogP contribution in [0.2, 0.25) is 0 Å². The predicted octanol–water partition coefficient (Wildman–Crippen LogP) is 2.72. The summed E-state index contributed by atoms with van der Waals surface area (Å²) in [6.07, 6.45) is 1.67. The quantitative estimate of drug-likeness (QED) is 0.355. The Bertz CT molecular complexity index is 1390. The van der Waals surface area contributed by atoms with Gasteiger partial charge in [0.25, 0.3) is 0 Å². The van der Waals surface area contributed by atoms with E-state index >= 15 is 0 Å². The van der Waals surface area contributed by atoms with Crippen LogP contribution in [-0.2, 0) is 14.8 Å². The van der Waals surface area contributed by atoms with E-state index < -0.39 is 10.0 Å². The Morgan fingerprint density at radius 3 is 2.41 bits per heavy atom. The molecule has 3 N–H and O–H groups in total. The topological polar surface area (TPSA) is 142 Å². The molecule has 0 bridgehead atoms. The van der Waals surface area contributed by atoms with Crippen molar-refractivity contribution in [3.8, 4) is 23.0 Å². The lowest BCUT2D eigenvalue weighted by Gasteiger charge is -2.11. The third kappa shape index (κ3) is 5.42. The van der Waals surface area contributed by atoms with E-state index in [1.54, 1.807) is 13.3 Å². The second kappa shape index (κ2) is 10.0. The number of rotatable bonds is 8. The van der Waals surface area contributed by atoms with E-state index in [0.717, 1.165) is 5.69 Å². The molecule has 0 fully saturated rings. The van der Waals surface area contributed by atoms with Crippen LogP contribution < -0.4 is 15.2 Å². The summed E-state index contributed by atoms with van der Waals surface area (Å²) in [6, 6.07) is 18.5. The van der Waals surface area contributed by atoms with Crippen LogP contribution in [0.1, 0.15) is 0 Å². The Balaban J connectivity index is 1.54. The Kier molecular flexibility index (Phi) is 6.91. The number of nitrogens with one attached hydrogen (secondary N) is 1. The van der Waals surface area contributed by atoms with Gasteiger partial charge in [0.1, 0.15) is 11.4 Å². The molecular weight excluding hydrogens is 476 g/mol. The zero-order valence-corrected chi connectivity index (χ0v) is 19.6. The zero-order valence-electron chi connectivity index (χ0n) is 18.0. The van der Waals surface area contributed by atoms with E-state index in [9.17, 15) is 13.2 Å². The second-order valence-corrected chi connectivity index (χ2v) is 9.46. The van der Waals surface area contributed by atoms with Gasteiger partial charge in [-0.25, -0.2) is 13.6 Å². The minimum atomic E-state index is -3.80. The van der Waals surface area contributed by atoms with Gasteiger partial charge in [0.15, 0.2) is 11.0 Å². The molecule has 0 radical (unpaired) electrons. The maximum Gasteiger partial charge on any atom is 0.238 e. The molecule has 12 heteroatoms. The smallest absolute Gasteiger partial charge is 0.238 e. The molecule has 10 nitrogen and oxygen atoms in total. The predicted molar refractivity (Wildman–Crippen MR) is 128 cm³/mol. The first kappa shape index (κ1) is 23.4. The molecule has 4 aromatic rings. The first-order valence-corrected chi connectivity index (χ1v) is 12.4. The molecule has 0 aliphatic carbocycles. The number of aromatic nitrogens is 4. The molecule has 2 heterocycles. The van der Waals surface area contributed by atoms with Gasteiger partial charge >= 0.3 is 0 Å². The number of methoxy groups -OCH3 is 1. The summed E-state index contributed by atoms with van der Waals surface area (Å²) in [4.78, 5) is 16.9. The van der Waals surface area contributed by atoms with E-state index in [1.807, 2.05) is 47.0 Å². The molecule has 174 valence electrons. The lowest BCUT2D eigenvalue weighted by atomic mass is 10.3. The van der Waals surface area contributed by atoms with Crippen molar-refractivity contribution >= 4 is 33.4 Å². The molecule has 0 atom stereocenters. The Morgan fingerprint density at radius 2 is 1.79 bits per heavy atom. The molecule has 0 aliphatic rings. The Morgan fingerprint density at radius 1 is 1.06 bits per heavy atom. The first-order valence-electron chi connectivity index (χ1n) is 9.92. The highest BCUT2D eigenvalue weighted by molar-refractivity contribution is 7.99. The number of carbonyl (C=O) groups is 1. The second-order valence-electron chi connectivity index (χ2n) is 6.96. The summed E-state index contributed by atoms with van der Waals surface area (Å²) in [7, 11) is -2.21. The molecule has 4 rings (SSSR count). The molecule has 0 aliphatic heterocycles. The van der Waals surface area contributed by atoms with Gasteiger partial charge in [0.2, 0.25) is 15.9 Å². The van der Waals surface area contributed by atoms with Crippen LogP contribution in [-0.4, -0.2) is 46.9 Å². The maximum atomic E-state index is 12.5. The van der Waals surface area contributed by atoms with Crippen LogP contribution in [0.4, 0.5) is 5.69 Å². The average Bonchev–Trinajstić information content (AvgIpc) is 3.27. The SMILES string of the molecule is COc1ccc(-n2c(SCC(=O)Nc3ccc(S(N)(=O)=O)cc3)nnc2-c2ccccn2)cc1. The van der Waals surface area contributed by atoms with Gasteiger partial charge in [0.05, 0.1) is 23.4 Å². The average molecular weight is 497 g/mol. The highest BCUT2D eigenvalue weighted by Gasteiger charge is 2.18. The molecule has 34 heavy (non-hydrogen) atoms. The zero-order chi connectivity index (χ0) is 24.1. The van der Waals surface area contributed by atoms with Crippen molar-refractivity contribution in [2.75, 3.05) is 18.2 Å². The number of primary sulfonamides is 1. The minimum Gasteiger partial charge on any atom is -0.497 e. The van der Waals surface area contributed by atoms with Crippen molar-refractivity contribution < 1.29 is 17.9 Å². The Hall–Kier alpha value is -3.74. The molecule has 2 aromatic heterocycles. The number of thioether (sulfide) groups is 1. The summed E-state index contributed by atoms with van der Waals surface area (Å²) in [6.45, 7) is 0. The van der Waals surface area contributed by atoms with Crippen molar-refractivity contribution in [3.05, 3.63) is 72.9 Å². The van der Waals surface area contributed by atoms with Crippen LogP contribution in [0.15, 0.2) is 83.0 Å². The number of benzene rings is 2. The lowest BCUT2D eigenvalue weighted by Crippen LogP contribution is -2.15. The monoisotopic (exact) mass is 496 g/mol. The fourth-order valence-electron chi connectivity index (χ4n) is 3.04. The number of amides is 1. The summed E-state index contributed by atoms with van der Waals surface area (Å²) in [5.41, 5.74) is 1.87. The highest BCUT2D eigenvalue weighted by atomic mass is 32.2. The van der Waals surface area contributed by atoms with Crippen molar-refractivity contribution in [1.29, 1.82) is 0 Å². The lowest BCUT2D eigenvalue weighted by molar-refractivity contribution is -0.113. The summed E-state index contributed by atoms with van der Waals surface area (Å²) >= 11 is 1.20. The summed E-state index contributed by atoms with van der Waals surface area (Å²) in [5.74, 6) is 0.996. The number of nitrogens with zero attached hydrogens (tertiary/aromatic N) is 4. The summed E-state index contributed by atoms with van der Waals surface area (Å²) in [5, 5.41) is 16.9. The molecule has 0 saturated heterocycles. The van der Waals surface area contributed by atoms with Crippen molar-refractivity contribution in [3.63, 3.8) is 0 Å². The number of anilines is 1. The molecule has 0 saturated carbocycles. The van der Waals surface area contributed by atoms with Gasteiger partial charge in [0, 0.05) is 11.9 Å². The third-order valence-electron chi connectivity index (χ3n) is 4.66. The van der Waals surface area contributed by atoms with Crippen LogP contribution >= 0.6 is 11.8 Å². The van der Waals surface area contributed by atoms with Crippen LogP contribution in [0.3, 0.4) is 0 Å². The molecule has 2 aromatic carbocycles. The highest BCUT2D eigenvalue weighted by Crippen LogP contribution is 2.28. The van der Waals surface area contributed by atoms with E-state index in [4.69, 9.17) is 9.88 Å². The number of nitrogens with two attached hydrogens (primary N) is 1. The fraction of sp³-hybridized carbons (Fsp3) is 0.0909. The van der Waals surface area contributed by atoms with Crippen molar-refractivity contribution in [2.24, 2.45) is 5.14 Å². The number of sulfonamides is 1. The molecule has 0 unspecified atom stereocenters. The van der Waals surface area contributed by atoms with Gasteiger partial charge in [-0.05, 0) is 60.7 Å². The maximum absolute atomic E-state index is 12.5. The number of hydrogen-bond donors (Lipinski definition) is 2. The number of hydrogen-bond acceptors (Lipinski definition) is 8. The number of pyridine rings is 1. The molecular formula is C22H20N6O4S2. The first-order chi connectivity index (χ1) is 16.3. The van der Waals surface area contributed by atoms with Crippen LogP contribution in [0.5, 0.6) is 5.75 Å². The van der Waals surface area contributed by atoms with E-state index in [-0.39, 0.29) is 16.6 Å². The summed E-state index contributed by atoms with van der Waals surface area (Å²) < 4.78 is 29.8. The third-order valence-corrected chi connectivity index (χ3v) is 6.52. The van der Waals surface area contributed by atoms with Crippen molar-refractivity contribution in [1.82, 2.24) is 19.7 Å². The minimum absolute atomic E-state index is 0.0329. The van der Waals surface area contributed by atoms with Crippen molar-refractivity contribution in [2.45, 2.75) is 10.1 Å². The van der Waals surface area contributed by atoms with Crippen LogP contribution in [0.25, 0.3) is 17.2 Å². The largest absolute Gasteiger partial charge is 0.497 e. The van der Waals surface area contributed by atoms with Gasteiger partial charge in [-0.3, -0.25) is 14.3 Å². The number of carbonyl (C=O) groups excluding carboxylic acids is 1. The molecule has 0 spiro atoms. The molecule has 1 amide bonds. The van der Waals surface area contributed by atoms with Gasteiger partial charge in [-0.2, -0.15) is 0 Å². The van der Waals surface area contributed by atoms with E-state index in [2.05, 4.69) is 20.5 Å².